The molecule has 2 aliphatic rings. The summed E-state index contributed by atoms with van der Waals surface area (Å²) in [7, 11) is 0. The third-order valence-electron chi connectivity index (χ3n) is 2.88. The van der Waals surface area contributed by atoms with E-state index in [0.29, 0.717) is 6.04 Å². The van der Waals surface area contributed by atoms with Crippen molar-refractivity contribution in [2.75, 3.05) is 6.54 Å². The van der Waals surface area contributed by atoms with E-state index >= 15 is 0 Å². The van der Waals surface area contributed by atoms with E-state index in [1.54, 1.807) is 0 Å². The first-order valence-corrected chi connectivity index (χ1v) is 4.82. The molecule has 13 heavy (non-hydrogen) atoms. The Morgan fingerprint density at radius 1 is 1.31 bits per heavy atom. The Labute approximate surface area is 76.9 Å². The van der Waals surface area contributed by atoms with Gasteiger partial charge in [-0.3, -0.25) is 4.79 Å². The standard InChI is InChI=1S/C10H12N2O/c13-10-9-2-1-5-11(9)6-7-12(10)8-3-4-8/h1-2,5,8H,3-4,6-7H2. The third-order valence-corrected chi connectivity index (χ3v) is 2.88. The van der Waals surface area contributed by atoms with Gasteiger partial charge in [-0.2, -0.15) is 0 Å². The molecule has 2 heterocycles. The molecule has 1 aromatic rings. The van der Waals surface area contributed by atoms with E-state index in [1.807, 2.05) is 27.8 Å². The average Bonchev–Trinajstić information content (AvgIpc) is 2.83. The minimum Gasteiger partial charge on any atom is -0.342 e. The van der Waals surface area contributed by atoms with Crippen molar-refractivity contribution in [2.45, 2.75) is 25.4 Å². The van der Waals surface area contributed by atoms with E-state index in [1.165, 1.54) is 12.8 Å². The quantitative estimate of drug-likeness (QED) is 0.629. The number of fused-ring (bicyclic) bond motifs is 1. The van der Waals surface area contributed by atoms with Crippen LogP contribution < -0.4 is 0 Å². The highest BCUT2D eigenvalue weighted by Gasteiger charge is 2.35. The van der Waals surface area contributed by atoms with Crippen molar-refractivity contribution in [1.82, 2.24) is 9.47 Å². The van der Waals surface area contributed by atoms with Gasteiger partial charge in [0.25, 0.3) is 5.91 Å². The van der Waals surface area contributed by atoms with Gasteiger partial charge in [-0.1, -0.05) is 0 Å². The topological polar surface area (TPSA) is 25.2 Å². The molecule has 0 N–H and O–H groups in total. The van der Waals surface area contributed by atoms with Gasteiger partial charge in [-0.25, -0.2) is 0 Å². The second-order valence-electron chi connectivity index (χ2n) is 3.82. The third kappa shape index (κ3) is 0.996. The first kappa shape index (κ1) is 7.18. The Morgan fingerprint density at radius 2 is 2.15 bits per heavy atom. The Kier molecular flexibility index (Phi) is 1.31. The number of nitrogens with zero attached hydrogens (tertiary/aromatic N) is 2. The highest BCUT2D eigenvalue weighted by Crippen LogP contribution is 2.29. The van der Waals surface area contributed by atoms with E-state index in [2.05, 4.69) is 0 Å². The zero-order valence-electron chi connectivity index (χ0n) is 7.44. The van der Waals surface area contributed by atoms with Crippen molar-refractivity contribution in [3.63, 3.8) is 0 Å². The summed E-state index contributed by atoms with van der Waals surface area (Å²) in [5, 5.41) is 0. The number of hydrogen-bond donors (Lipinski definition) is 0. The molecule has 0 saturated heterocycles. The van der Waals surface area contributed by atoms with Crippen LogP contribution in [0, 0.1) is 0 Å². The summed E-state index contributed by atoms with van der Waals surface area (Å²) in [6.07, 6.45) is 4.39. The Bertz CT molecular complexity index is 352. The van der Waals surface area contributed by atoms with Gasteiger partial charge >= 0.3 is 0 Å². The predicted octanol–water partition coefficient (Wildman–Crippen LogP) is 1.11. The average molecular weight is 176 g/mol. The Balaban J connectivity index is 1.96. The molecule has 1 aromatic heterocycles. The normalized spacial score (nSPS) is 21.8. The van der Waals surface area contributed by atoms with Crippen LogP contribution in [0.25, 0.3) is 0 Å². The number of carbonyl (C=O) groups is 1. The van der Waals surface area contributed by atoms with Crippen LogP contribution in [0.2, 0.25) is 0 Å². The maximum Gasteiger partial charge on any atom is 0.270 e. The number of hydrogen-bond acceptors (Lipinski definition) is 1. The van der Waals surface area contributed by atoms with Crippen LogP contribution in [0.4, 0.5) is 0 Å². The lowest BCUT2D eigenvalue weighted by Crippen LogP contribution is -2.41. The number of aromatic nitrogens is 1. The molecule has 3 nitrogen and oxygen atoms in total. The van der Waals surface area contributed by atoms with Crippen molar-refractivity contribution in [2.24, 2.45) is 0 Å². The lowest BCUT2D eigenvalue weighted by molar-refractivity contribution is 0.0691. The molecule has 3 rings (SSSR count). The number of amides is 1. The first-order chi connectivity index (χ1) is 6.36. The van der Waals surface area contributed by atoms with Gasteiger partial charge in [0.2, 0.25) is 0 Å². The van der Waals surface area contributed by atoms with E-state index in [0.717, 1.165) is 18.8 Å². The van der Waals surface area contributed by atoms with E-state index in [-0.39, 0.29) is 5.91 Å². The van der Waals surface area contributed by atoms with Crippen molar-refractivity contribution in [1.29, 1.82) is 0 Å². The Hall–Kier alpha value is -1.25. The molecule has 0 bridgehead atoms. The molecule has 3 heteroatoms. The summed E-state index contributed by atoms with van der Waals surface area (Å²) in [5.41, 5.74) is 0.859. The van der Waals surface area contributed by atoms with Gasteiger partial charge in [0.05, 0.1) is 0 Å². The summed E-state index contributed by atoms with van der Waals surface area (Å²) >= 11 is 0. The molecule has 1 amide bonds. The smallest absolute Gasteiger partial charge is 0.270 e. The minimum atomic E-state index is 0.221. The molecule has 1 aliphatic heterocycles. The number of carbonyl (C=O) groups excluding carboxylic acids is 1. The van der Waals surface area contributed by atoms with Gasteiger partial charge in [-0.05, 0) is 25.0 Å². The highest BCUT2D eigenvalue weighted by molar-refractivity contribution is 5.93. The molecular weight excluding hydrogens is 164 g/mol. The van der Waals surface area contributed by atoms with E-state index in [9.17, 15) is 4.79 Å². The maximum absolute atomic E-state index is 11.9. The van der Waals surface area contributed by atoms with Crippen molar-refractivity contribution in [3.05, 3.63) is 24.0 Å². The Morgan fingerprint density at radius 3 is 2.92 bits per heavy atom. The fourth-order valence-corrected chi connectivity index (χ4v) is 2.00. The van der Waals surface area contributed by atoms with Crippen LogP contribution in [0.3, 0.4) is 0 Å². The van der Waals surface area contributed by atoms with Crippen LogP contribution in [0.1, 0.15) is 23.3 Å². The van der Waals surface area contributed by atoms with Crippen LogP contribution >= 0.6 is 0 Å². The van der Waals surface area contributed by atoms with Gasteiger partial charge in [0.15, 0.2) is 0 Å². The molecular formula is C10H12N2O. The SMILES string of the molecule is O=C1c2cccn2CCN1C1CC1. The molecule has 1 fully saturated rings. The zero-order chi connectivity index (χ0) is 8.84. The van der Waals surface area contributed by atoms with Crippen LogP contribution in [0.5, 0.6) is 0 Å². The van der Waals surface area contributed by atoms with Gasteiger partial charge < -0.3 is 9.47 Å². The van der Waals surface area contributed by atoms with E-state index in [4.69, 9.17) is 0 Å². The van der Waals surface area contributed by atoms with Gasteiger partial charge in [-0.15, -0.1) is 0 Å². The summed E-state index contributed by atoms with van der Waals surface area (Å²) in [6, 6.07) is 4.41. The first-order valence-electron chi connectivity index (χ1n) is 4.82. The van der Waals surface area contributed by atoms with Gasteiger partial charge in [0, 0.05) is 25.3 Å². The van der Waals surface area contributed by atoms with Crippen molar-refractivity contribution < 1.29 is 4.79 Å². The lowest BCUT2D eigenvalue weighted by Gasteiger charge is -2.28. The monoisotopic (exact) mass is 176 g/mol. The summed E-state index contributed by atoms with van der Waals surface area (Å²) < 4.78 is 2.04. The fourth-order valence-electron chi connectivity index (χ4n) is 2.00. The van der Waals surface area contributed by atoms with Crippen LogP contribution in [-0.2, 0) is 6.54 Å². The van der Waals surface area contributed by atoms with Gasteiger partial charge in [0.1, 0.15) is 5.69 Å². The zero-order valence-corrected chi connectivity index (χ0v) is 7.44. The van der Waals surface area contributed by atoms with Crippen LogP contribution in [0.15, 0.2) is 18.3 Å². The van der Waals surface area contributed by atoms with Crippen molar-refractivity contribution in [3.8, 4) is 0 Å². The molecule has 0 atom stereocenters. The highest BCUT2D eigenvalue weighted by atomic mass is 16.2. The molecule has 0 aromatic carbocycles. The summed E-state index contributed by atoms with van der Waals surface area (Å²) in [5.74, 6) is 0.221. The molecule has 0 spiro atoms. The molecule has 1 aliphatic carbocycles. The van der Waals surface area contributed by atoms with E-state index < -0.39 is 0 Å². The maximum atomic E-state index is 11.9. The van der Waals surface area contributed by atoms with Crippen LogP contribution in [-0.4, -0.2) is 28.0 Å². The fraction of sp³-hybridized carbons (Fsp3) is 0.500. The molecule has 68 valence electrons. The minimum absolute atomic E-state index is 0.221. The largest absolute Gasteiger partial charge is 0.342 e. The molecule has 0 unspecified atom stereocenters. The van der Waals surface area contributed by atoms with Crippen molar-refractivity contribution >= 4 is 5.91 Å². The summed E-state index contributed by atoms with van der Waals surface area (Å²) in [4.78, 5) is 13.9. The second kappa shape index (κ2) is 2.37. The summed E-state index contributed by atoms with van der Waals surface area (Å²) in [6.45, 7) is 1.86. The predicted molar refractivity (Wildman–Crippen MR) is 48.5 cm³/mol. The number of rotatable bonds is 1. The second-order valence-corrected chi connectivity index (χ2v) is 3.82. The molecule has 1 saturated carbocycles. The molecule has 0 radical (unpaired) electrons. The lowest BCUT2D eigenvalue weighted by atomic mass is 10.3.